The Bertz CT molecular complexity index is 1020. The first-order valence-electron chi connectivity index (χ1n) is 11.2. The second-order valence-electron chi connectivity index (χ2n) is 8.31. The second kappa shape index (κ2) is 10.0. The minimum Gasteiger partial charge on any atom is -0.493 e. The number of benzene rings is 2. The molecule has 1 N–H and O–H groups in total. The first-order chi connectivity index (χ1) is 16.0. The summed E-state index contributed by atoms with van der Waals surface area (Å²) in [4.78, 5) is 27.1. The summed E-state index contributed by atoms with van der Waals surface area (Å²) in [5.74, 6) is 2.27. The van der Waals surface area contributed by atoms with Gasteiger partial charge in [-0.05, 0) is 48.7 Å². The van der Waals surface area contributed by atoms with E-state index < -0.39 is 0 Å². The van der Waals surface area contributed by atoms with Crippen LogP contribution in [0.3, 0.4) is 0 Å². The summed E-state index contributed by atoms with van der Waals surface area (Å²) >= 11 is 0. The van der Waals surface area contributed by atoms with Crippen molar-refractivity contribution in [3.63, 3.8) is 0 Å². The van der Waals surface area contributed by atoms with Crippen molar-refractivity contribution in [1.82, 2.24) is 10.2 Å². The Balaban J connectivity index is 1.31. The smallest absolute Gasteiger partial charge is 0.225 e. The van der Waals surface area contributed by atoms with Crippen molar-refractivity contribution in [2.45, 2.75) is 25.8 Å². The largest absolute Gasteiger partial charge is 0.493 e. The summed E-state index contributed by atoms with van der Waals surface area (Å²) in [6.07, 6.45) is 0.902. The number of fused-ring (bicyclic) bond motifs is 1. The van der Waals surface area contributed by atoms with Gasteiger partial charge in [0.15, 0.2) is 23.0 Å². The molecule has 1 saturated heterocycles. The van der Waals surface area contributed by atoms with Crippen molar-refractivity contribution >= 4 is 11.8 Å². The zero-order valence-electron chi connectivity index (χ0n) is 19.3. The number of methoxy groups -OCH3 is 2. The van der Waals surface area contributed by atoms with Crippen molar-refractivity contribution in [2.24, 2.45) is 5.92 Å². The zero-order chi connectivity index (χ0) is 23.4. The number of carbonyl (C=O) groups is 2. The molecule has 0 aromatic heterocycles. The fourth-order valence-electron chi connectivity index (χ4n) is 4.21. The molecule has 2 unspecified atom stereocenters. The van der Waals surface area contributed by atoms with E-state index in [4.69, 9.17) is 18.9 Å². The lowest BCUT2D eigenvalue weighted by Crippen LogP contribution is -2.35. The normalized spacial score (nSPS) is 18.1. The molecule has 2 amide bonds. The van der Waals surface area contributed by atoms with E-state index >= 15 is 0 Å². The molecule has 0 bridgehead atoms. The first kappa shape index (κ1) is 22.8. The average Bonchev–Trinajstić information content (AvgIpc) is 3.22. The first-order valence-corrected chi connectivity index (χ1v) is 11.2. The van der Waals surface area contributed by atoms with Crippen LogP contribution in [0, 0.1) is 5.92 Å². The molecule has 2 aliphatic heterocycles. The molecule has 4 rings (SSSR count). The maximum atomic E-state index is 12.9. The summed E-state index contributed by atoms with van der Waals surface area (Å²) in [6, 6.07) is 11.2. The van der Waals surface area contributed by atoms with E-state index in [9.17, 15) is 9.59 Å². The number of likely N-dealkylation sites (tertiary alicyclic amines) is 1. The van der Waals surface area contributed by atoms with E-state index in [1.165, 1.54) is 0 Å². The highest BCUT2D eigenvalue weighted by Gasteiger charge is 2.34. The van der Waals surface area contributed by atoms with Gasteiger partial charge in [-0.3, -0.25) is 9.59 Å². The minimum atomic E-state index is -0.359. The van der Waals surface area contributed by atoms with Gasteiger partial charge in [0.05, 0.1) is 26.2 Å². The maximum Gasteiger partial charge on any atom is 0.225 e. The zero-order valence-corrected chi connectivity index (χ0v) is 19.3. The van der Waals surface area contributed by atoms with Gasteiger partial charge in [-0.15, -0.1) is 0 Å². The third-order valence-corrected chi connectivity index (χ3v) is 6.13. The van der Waals surface area contributed by atoms with Crippen LogP contribution in [0.25, 0.3) is 0 Å². The SMILES string of the molecule is COc1ccc(CCN2CC(C(=O)NC(C)c3ccc4c(c3)OCCO4)CC2=O)cc1OC. The van der Waals surface area contributed by atoms with E-state index in [1.807, 2.05) is 43.3 Å². The number of nitrogens with zero attached hydrogens (tertiary/aromatic N) is 1. The molecule has 2 aliphatic rings. The summed E-state index contributed by atoms with van der Waals surface area (Å²) < 4.78 is 21.8. The quantitative estimate of drug-likeness (QED) is 0.660. The molecule has 8 nitrogen and oxygen atoms in total. The van der Waals surface area contributed by atoms with Crippen LogP contribution >= 0.6 is 0 Å². The van der Waals surface area contributed by atoms with Crippen LogP contribution in [0.5, 0.6) is 23.0 Å². The maximum absolute atomic E-state index is 12.9. The summed E-state index contributed by atoms with van der Waals surface area (Å²) in [5, 5.41) is 3.04. The molecule has 2 aromatic carbocycles. The van der Waals surface area contributed by atoms with Crippen LogP contribution in [0.1, 0.15) is 30.5 Å². The van der Waals surface area contributed by atoms with E-state index in [0.717, 1.165) is 16.9 Å². The van der Waals surface area contributed by atoms with E-state index in [-0.39, 0.29) is 30.2 Å². The van der Waals surface area contributed by atoms with Gasteiger partial charge >= 0.3 is 0 Å². The van der Waals surface area contributed by atoms with Crippen molar-refractivity contribution in [2.75, 3.05) is 40.5 Å². The Morgan fingerprint density at radius 2 is 1.85 bits per heavy atom. The molecule has 8 heteroatoms. The molecular weight excluding hydrogens is 424 g/mol. The lowest BCUT2D eigenvalue weighted by atomic mass is 10.0. The van der Waals surface area contributed by atoms with Gasteiger partial charge in [0, 0.05) is 19.5 Å². The molecule has 176 valence electrons. The molecule has 33 heavy (non-hydrogen) atoms. The highest BCUT2D eigenvalue weighted by molar-refractivity contribution is 5.89. The number of hydrogen-bond donors (Lipinski definition) is 1. The van der Waals surface area contributed by atoms with Crippen LogP contribution < -0.4 is 24.3 Å². The summed E-state index contributed by atoms with van der Waals surface area (Å²) in [7, 11) is 3.20. The third-order valence-electron chi connectivity index (χ3n) is 6.13. The summed E-state index contributed by atoms with van der Waals surface area (Å²) in [5.41, 5.74) is 1.97. The van der Waals surface area contributed by atoms with Gasteiger partial charge in [-0.2, -0.15) is 0 Å². The number of ether oxygens (including phenoxy) is 4. The van der Waals surface area contributed by atoms with Crippen molar-refractivity contribution in [3.8, 4) is 23.0 Å². The molecule has 2 heterocycles. The predicted octanol–water partition coefficient (Wildman–Crippen LogP) is 2.74. The monoisotopic (exact) mass is 454 g/mol. The molecule has 2 aromatic rings. The van der Waals surface area contributed by atoms with Crippen molar-refractivity contribution in [3.05, 3.63) is 47.5 Å². The standard InChI is InChI=1S/C25H30N2O6/c1-16(18-5-7-21-23(13-18)33-11-10-32-21)26-25(29)19-14-24(28)27(15-19)9-8-17-4-6-20(30-2)22(12-17)31-3/h4-7,12-13,16,19H,8-11,14-15H2,1-3H3,(H,26,29). The van der Waals surface area contributed by atoms with Crippen molar-refractivity contribution in [1.29, 1.82) is 0 Å². The molecule has 0 radical (unpaired) electrons. The third kappa shape index (κ3) is 5.16. The van der Waals surface area contributed by atoms with Gasteiger partial charge < -0.3 is 29.2 Å². The molecule has 1 fully saturated rings. The van der Waals surface area contributed by atoms with E-state index in [1.54, 1.807) is 19.1 Å². The van der Waals surface area contributed by atoms with E-state index in [2.05, 4.69) is 5.32 Å². The number of carbonyl (C=O) groups excluding carboxylic acids is 2. The van der Waals surface area contributed by atoms with E-state index in [0.29, 0.717) is 50.0 Å². The predicted molar refractivity (Wildman–Crippen MR) is 122 cm³/mol. The van der Waals surface area contributed by atoms with Gasteiger partial charge in [-0.25, -0.2) is 0 Å². The van der Waals surface area contributed by atoms with Crippen LogP contribution in [0.4, 0.5) is 0 Å². The van der Waals surface area contributed by atoms with Crippen LogP contribution in [0.2, 0.25) is 0 Å². The van der Waals surface area contributed by atoms with Gasteiger partial charge in [0.2, 0.25) is 11.8 Å². The Morgan fingerprint density at radius 1 is 1.09 bits per heavy atom. The highest BCUT2D eigenvalue weighted by Crippen LogP contribution is 2.33. The fraction of sp³-hybridized carbons (Fsp3) is 0.440. The Kier molecular flexibility index (Phi) is 6.91. The highest BCUT2D eigenvalue weighted by atomic mass is 16.6. The number of amides is 2. The van der Waals surface area contributed by atoms with Crippen molar-refractivity contribution < 1.29 is 28.5 Å². The van der Waals surface area contributed by atoms with Gasteiger partial charge in [0.1, 0.15) is 13.2 Å². The lowest BCUT2D eigenvalue weighted by Gasteiger charge is -2.22. The van der Waals surface area contributed by atoms with Crippen LogP contribution in [-0.2, 0) is 16.0 Å². The molecule has 0 aliphatic carbocycles. The number of hydrogen-bond acceptors (Lipinski definition) is 6. The molecule has 0 saturated carbocycles. The molecule has 0 spiro atoms. The Hall–Kier alpha value is -3.42. The summed E-state index contributed by atoms with van der Waals surface area (Å²) in [6.45, 7) is 3.95. The lowest BCUT2D eigenvalue weighted by molar-refractivity contribution is -0.129. The second-order valence-corrected chi connectivity index (χ2v) is 8.31. The molecular formula is C25H30N2O6. The average molecular weight is 455 g/mol. The number of nitrogens with one attached hydrogen (secondary N) is 1. The number of rotatable bonds is 8. The minimum absolute atomic E-state index is 0.00242. The van der Waals surface area contributed by atoms with Gasteiger partial charge in [-0.1, -0.05) is 12.1 Å². The van der Waals surface area contributed by atoms with Gasteiger partial charge in [0.25, 0.3) is 0 Å². The Morgan fingerprint density at radius 3 is 2.61 bits per heavy atom. The topological polar surface area (TPSA) is 86.3 Å². The van der Waals surface area contributed by atoms with Crippen LogP contribution in [-0.4, -0.2) is 57.2 Å². The fourth-order valence-corrected chi connectivity index (χ4v) is 4.21. The van der Waals surface area contributed by atoms with Crippen LogP contribution in [0.15, 0.2) is 36.4 Å². The Labute approximate surface area is 193 Å². The molecule has 2 atom stereocenters.